The van der Waals surface area contributed by atoms with Crippen LogP contribution in [0.15, 0.2) is 71.2 Å². The molecular formula is C23H21BrN4O2. The highest BCUT2D eigenvalue weighted by molar-refractivity contribution is 9.10. The van der Waals surface area contributed by atoms with E-state index in [-0.39, 0.29) is 5.91 Å². The molecule has 0 fully saturated rings. The zero-order chi connectivity index (χ0) is 21.1. The molecule has 30 heavy (non-hydrogen) atoms. The molecule has 1 amide bonds. The minimum atomic E-state index is -0.0465. The average molecular weight is 465 g/mol. The minimum Gasteiger partial charge on any atom is -0.496 e. The van der Waals surface area contributed by atoms with Crippen LogP contribution in [0.2, 0.25) is 0 Å². The fraction of sp³-hybridized carbons (Fsp3) is 0.174. The van der Waals surface area contributed by atoms with Gasteiger partial charge in [-0.1, -0.05) is 45.4 Å². The number of rotatable bonds is 6. The van der Waals surface area contributed by atoms with E-state index in [0.29, 0.717) is 18.7 Å². The summed E-state index contributed by atoms with van der Waals surface area (Å²) in [5.74, 6) is 0.711. The van der Waals surface area contributed by atoms with Gasteiger partial charge in [0.25, 0.3) is 5.91 Å². The Kier molecular flexibility index (Phi) is 5.81. The van der Waals surface area contributed by atoms with Crippen LogP contribution >= 0.6 is 15.9 Å². The second kappa shape index (κ2) is 8.67. The number of nitrogens with zero attached hydrogens (tertiary/aromatic N) is 4. The lowest BCUT2D eigenvalue weighted by molar-refractivity contribution is 0.0784. The van der Waals surface area contributed by atoms with E-state index in [4.69, 9.17) is 4.74 Å². The highest BCUT2D eigenvalue weighted by Gasteiger charge is 2.15. The smallest absolute Gasteiger partial charge is 0.253 e. The fourth-order valence-corrected chi connectivity index (χ4v) is 3.79. The van der Waals surface area contributed by atoms with Gasteiger partial charge in [-0.05, 0) is 48.0 Å². The molecule has 0 bridgehead atoms. The van der Waals surface area contributed by atoms with E-state index < -0.39 is 0 Å². The highest BCUT2D eigenvalue weighted by Crippen LogP contribution is 2.24. The predicted molar refractivity (Wildman–Crippen MR) is 120 cm³/mol. The summed E-state index contributed by atoms with van der Waals surface area (Å²) < 4.78 is 8.22. The van der Waals surface area contributed by atoms with Crippen LogP contribution in [0.25, 0.3) is 11.0 Å². The molecular weight excluding hydrogens is 444 g/mol. The second-order valence-corrected chi connectivity index (χ2v) is 7.97. The van der Waals surface area contributed by atoms with Crippen LogP contribution in [-0.2, 0) is 13.1 Å². The van der Waals surface area contributed by atoms with Gasteiger partial charge in [0.1, 0.15) is 11.3 Å². The summed E-state index contributed by atoms with van der Waals surface area (Å²) >= 11 is 3.47. The van der Waals surface area contributed by atoms with Crippen molar-refractivity contribution >= 4 is 32.9 Å². The first-order valence-corrected chi connectivity index (χ1v) is 10.3. The normalized spacial score (nSPS) is 10.9. The van der Waals surface area contributed by atoms with Crippen molar-refractivity contribution < 1.29 is 9.53 Å². The van der Waals surface area contributed by atoms with Crippen LogP contribution in [0.1, 0.15) is 21.5 Å². The van der Waals surface area contributed by atoms with E-state index in [1.807, 2.05) is 71.4 Å². The standard InChI is InChI=1S/C23H21BrN4O2/c1-27(15-18-13-19(24)11-12-22(18)30-2)23(29)17-9-7-16(8-10-17)14-28-21-6-4-3-5-20(21)25-26-28/h3-13H,14-15H2,1-2H3. The number of ether oxygens (including phenoxy) is 1. The summed E-state index contributed by atoms with van der Waals surface area (Å²) in [4.78, 5) is 14.6. The summed E-state index contributed by atoms with van der Waals surface area (Å²) in [6.07, 6.45) is 0. The van der Waals surface area contributed by atoms with Gasteiger partial charge in [-0.3, -0.25) is 4.79 Å². The molecule has 152 valence electrons. The van der Waals surface area contributed by atoms with Gasteiger partial charge in [-0.25, -0.2) is 4.68 Å². The van der Waals surface area contributed by atoms with Gasteiger partial charge in [-0.15, -0.1) is 5.10 Å². The molecule has 0 saturated heterocycles. The van der Waals surface area contributed by atoms with Crippen molar-refractivity contribution in [2.24, 2.45) is 0 Å². The Labute approximate surface area is 183 Å². The largest absolute Gasteiger partial charge is 0.496 e. The molecule has 7 heteroatoms. The predicted octanol–water partition coefficient (Wildman–Crippen LogP) is 4.52. The molecule has 1 aromatic heterocycles. The maximum absolute atomic E-state index is 12.9. The number of aromatic nitrogens is 3. The van der Waals surface area contributed by atoms with Crippen molar-refractivity contribution in [3.8, 4) is 5.75 Å². The summed E-state index contributed by atoms with van der Waals surface area (Å²) in [5.41, 5.74) is 4.49. The molecule has 4 aromatic rings. The molecule has 1 heterocycles. The number of carbonyl (C=O) groups is 1. The lowest BCUT2D eigenvalue weighted by atomic mass is 10.1. The van der Waals surface area contributed by atoms with Crippen LogP contribution in [-0.4, -0.2) is 40.0 Å². The number of fused-ring (bicyclic) bond motifs is 1. The van der Waals surface area contributed by atoms with Crippen molar-refractivity contribution in [1.82, 2.24) is 19.9 Å². The molecule has 0 aliphatic heterocycles. The molecule has 0 atom stereocenters. The monoisotopic (exact) mass is 464 g/mol. The molecule has 0 spiro atoms. The number of para-hydroxylation sites is 1. The van der Waals surface area contributed by atoms with Crippen molar-refractivity contribution in [3.05, 3.63) is 87.9 Å². The topological polar surface area (TPSA) is 60.2 Å². The van der Waals surface area contributed by atoms with Crippen molar-refractivity contribution in [2.75, 3.05) is 14.2 Å². The quantitative estimate of drug-likeness (QED) is 0.420. The Hall–Kier alpha value is -3.19. The molecule has 6 nitrogen and oxygen atoms in total. The SMILES string of the molecule is COc1ccc(Br)cc1CN(C)C(=O)c1ccc(Cn2nnc3ccccc32)cc1. The van der Waals surface area contributed by atoms with Crippen LogP contribution in [0, 0.1) is 0 Å². The lowest BCUT2D eigenvalue weighted by Crippen LogP contribution is -2.26. The van der Waals surface area contributed by atoms with Gasteiger partial charge < -0.3 is 9.64 Å². The average Bonchev–Trinajstić information content (AvgIpc) is 3.17. The summed E-state index contributed by atoms with van der Waals surface area (Å²) in [6.45, 7) is 1.05. The van der Waals surface area contributed by atoms with Crippen LogP contribution in [0.3, 0.4) is 0 Å². The Morgan fingerprint density at radius 1 is 1.10 bits per heavy atom. The third kappa shape index (κ3) is 4.21. The van der Waals surface area contributed by atoms with Gasteiger partial charge in [0.2, 0.25) is 0 Å². The van der Waals surface area contributed by atoms with E-state index in [2.05, 4.69) is 26.2 Å². The summed E-state index contributed by atoms with van der Waals surface area (Å²) in [6, 6.07) is 21.2. The zero-order valence-corrected chi connectivity index (χ0v) is 18.3. The summed E-state index contributed by atoms with van der Waals surface area (Å²) in [5, 5.41) is 8.40. The van der Waals surface area contributed by atoms with Gasteiger partial charge in [0.05, 0.1) is 19.2 Å². The number of hydrogen-bond acceptors (Lipinski definition) is 4. The van der Waals surface area contributed by atoms with E-state index in [9.17, 15) is 4.79 Å². The van der Waals surface area contributed by atoms with Gasteiger partial charge in [0, 0.05) is 29.2 Å². The summed E-state index contributed by atoms with van der Waals surface area (Å²) in [7, 11) is 3.42. The number of amides is 1. The van der Waals surface area contributed by atoms with Crippen LogP contribution < -0.4 is 4.74 Å². The molecule has 3 aromatic carbocycles. The van der Waals surface area contributed by atoms with Gasteiger partial charge in [0.15, 0.2) is 0 Å². The van der Waals surface area contributed by atoms with Gasteiger partial charge >= 0.3 is 0 Å². The van der Waals surface area contributed by atoms with E-state index >= 15 is 0 Å². The van der Waals surface area contributed by atoms with E-state index in [1.54, 1.807) is 19.1 Å². The third-order valence-corrected chi connectivity index (χ3v) is 5.44. The number of hydrogen-bond donors (Lipinski definition) is 0. The maximum Gasteiger partial charge on any atom is 0.253 e. The Balaban J connectivity index is 1.47. The number of halogens is 1. The fourth-order valence-electron chi connectivity index (χ4n) is 3.38. The number of carbonyl (C=O) groups excluding carboxylic acids is 1. The van der Waals surface area contributed by atoms with E-state index in [0.717, 1.165) is 32.4 Å². The molecule has 4 rings (SSSR count). The van der Waals surface area contributed by atoms with Crippen LogP contribution in [0.4, 0.5) is 0 Å². The highest BCUT2D eigenvalue weighted by atomic mass is 79.9. The Morgan fingerprint density at radius 2 is 1.87 bits per heavy atom. The van der Waals surface area contributed by atoms with Crippen LogP contribution in [0.5, 0.6) is 5.75 Å². The number of benzene rings is 3. The van der Waals surface area contributed by atoms with E-state index in [1.165, 1.54) is 0 Å². The van der Waals surface area contributed by atoms with Crippen molar-refractivity contribution in [1.29, 1.82) is 0 Å². The molecule has 0 N–H and O–H groups in total. The lowest BCUT2D eigenvalue weighted by Gasteiger charge is -2.19. The first kappa shape index (κ1) is 20.1. The van der Waals surface area contributed by atoms with Crippen molar-refractivity contribution in [3.63, 3.8) is 0 Å². The van der Waals surface area contributed by atoms with Crippen molar-refractivity contribution in [2.45, 2.75) is 13.1 Å². The Morgan fingerprint density at radius 3 is 2.63 bits per heavy atom. The zero-order valence-electron chi connectivity index (χ0n) is 16.7. The molecule has 0 aliphatic rings. The molecule has 0 aliphatic carbocycles. The first-order valence-electron chi connectivity index (χ1n) is 9.50. The minimum absolute atomic E-state index is 0.0465. The molecule has 0 unspecified atom stereocenters. The van der Waals surface area contributed by atoms with Gasteiger partial charge in [-0.2, -0.15) is 0 Å². The number of methoxy groups -OCH3 is 1. The first-order chi connectivity index (χ1) is 14.5. The third-order valence-electron chi connectivity index (χ3n) is 4.95. The second-order valence-electron chi connectivity index (χ2n) is 7.05. The Bertz CT molecular complexity index is 1190. The molecule has 0 radical (unpaired) electrons. The molecule has 0 saturated carbocycles. The maximum atomic E-state index is 12.9.